The van der Waals surface area contributed by atoms with Gasteiger partial charge in [-0.05, 0) is 76.9 Å². The van der Waals surface area contributed by atoms with Crippen LogP contribution in [0.1, 0.15) is 53.5 Å². The summed E-state index contributed by atoms with van der Waals surface area (Å²) in [6, 6.07) is 17.8. The van der Waals surface area contributed by atoms with Crippen LogP contribution in [0.2, 0.25) is 0 Å². The Kier molecular flexibility index (Phi) is 6.80. The number of aromatic nitrogens is 2. The number of ether oxygens (including phenoxy) is 1. The number of hydrogen-bond donors (Lipinski definition) is 0. The Morgan fingerprint density at radius 2 is 1.63 bits per heavy atom. The molecule has 0 unspecified atom stereocenters. The predicted molar refractivity (Wildman–Crippen MR) is 152 cm³/mol. The Hall–Kier alpha value is -3.97. The molecule has 4 aromatic rings. The Morgan fingerprint density at radius 3 is 2.26 bits per heavy atom. The van der Waals surface area contributed by atoms with Gasteiger partial charge in [0, 0.05) is 17.1 Å². The van der Waals surface area contributed by atoms with Crippen molar-refractivity contribution in [3.05, 3.63) is 119 Å². The van der Waals surface area contributed by atoms with Gasteiger partial charge in [0.25, 0.3) is 5.56 Å². The second kappa shape index (κ2) is 10.1. The van der Waals surface area contributed by atoms with Crippen LogP contribution in [-0.4, -0.2) is 21.7 Å². The summed E-state index contributed by atoms with van der Waals surface area (Å²) in [6.45, 7) is 12.0. The monoisotopic (exact) mass is 525 g/mol. The topological polar surface area (TPSA) is 65.6 Å². The van der Waals surface area contributed by atoms with Crippen LogP contribution >= 0.6 is 11.3 Å². The number of rotatable bonds is 5. The molecule has 0 radical (unpaired) electrons. The third-order valence-electron chi connectivity index (χ3n) is 6.96. The summed E-state index contributed by atoms with van der Waals surface area (Å²) in [7, 11) is 0. The Balaban J connectivity index is 1.68. The van der Waals surface area contributed by atoms with Crippen molar-refractivity contribution in [2.24, 2.45) is 4.99 Å². The minimum atomic E-state index is -0.604. The summed E-state index contributed by atoms with van der Waals surface area (Å²) in [5, 5.41) is 0. The molecule has 194 valence electrons. The fourth-order valence-electron chi connectivity index (χ4n) is 5.02. The van der Waals surface area contributed by atoms with E-state index < -0.39 is 12.0 Å². The van der Waals surface area contributed by atoms with Crippen molar-refractivity contribution in [2.45, 2.75) is 47.6 Å². The number of fused-ring (bicyclic) bond motifs is 1. The summed E-state index contributed by atoms with van der Waals surface area (Å²) in [5.41, 5.74) is 8.14. The van der Waals surface area contributed by atoms with E-state index >= 15 is 0 Å². The van der Waals surface area contributed by atoms with E-state index in [1.807, 2.05) is 37.3 Å². The molecule has 0 saturated carbocycles. The van der Waals surface area contributed by atoms with Gasteiger partial charge < -0.3 is 9.30 Å². The molecular weight excluding hydrogens is 494 g/mol. The summed E-state index contributed by atoms with van der Waals surface area (Å²) in [4.78, 5) is 32.2. The normalized spacial score (nSPS) is 15.4. The molecule has 3 heterocycles. The first kappa shape index (κ1) is 25.7. The SMILES string of the molecule is CCOC(=O)C1=C(C)N=c2sc(=Cc3cc(C)n(-c4ccc(C)cc4)c3C)c(=O)n2[C@H]1c1ccc(C)cc1. The number of esters is 1. The molecule has 1 aliphatic rings. The van der Waals surface area contributed by atoms with Crippen molar-refractivity contribution >= 4 is 23.4 Å². The summed E-state index contributed by atoms with van der Waals surface area (Å²) in [6.07, 6.45) is 1.94. The molecule has 6 nitrogen and oxygen atoms in total. The van der Waals surface area contributed by atoms with E-state index in [0.29, 0.717) is 20.6 Å². The lowest BCUT2D eigenvalue weighted by Crippen LogP contribution is -2.39. The van der Waals surface area contributed by atoms with Crippen LogP contribution in [0, 0.1) is 27.7 Å². The van der Waals surface area contributed by atoms with Crippen molar-refractivity contribution in [2.75, 3.05) is 6.61 Å². The van der Waals surface area contributed by atoms with Crippen LogP contribution < -0.4 is 14.9 Å². The predicted octanol–water partition coefficient (Wildman–Crippen LogP) is 4.82. The number of nitrogens with zero attached hydrogens (tertiary/aromatic N) is 3. The van der Waals surface area contributed by atoms with E-state index in [-0.39, 0.29) is 12.2 Å². The van der Waals surface area contributed by atoms with Gasteiger partial charge in [-0.15, -0.1) is 0 Å². The molecule has 0 saturated heterocycles. The fraction of sp³-hybridized carbons (Fsp3) is 0.258. The van der Waals surface area contributed by atoms with E-state index in [2.05, 4.69) is 60.7 Å². The van der Waals surface area contributed by atoms with Crippen molar-refractivity contribution in [3.8, 4) is 5.69 Å². The van der Waals surface area contributed by atoms with Crippen LogP contribution in [0.5, 0.6) is 0 Å². The van der Waals surface area contributed by atoms with Crippen molar-refractivity contribution in [1.82, 2.24) is 9.13 Å². The van der Waals surface area contributed by atoms with Crippen LogP contribution in [0.15, 0.2) is 75.7 Å². The standard InChI is InChI=1S/C31H31N3O3S/c1-7-37-30(36)27-21(5)32-31-34(28(27)23-12-8-18(2)9-13-23)29(35)26(38-31)17-24-16-20(4)33(22(24)6)25-14-10-19(3)11-15-25/h8-17,28H,7H2,1-6H3/t28-/m0/s1. The van der Waals surface area contributed by atoms with Gasteiger partial charge in [-0.1, -0.05) is 58.9 Å². The van der Waals surface area contributed by atoms with Crippen LogP contribution in [-0.2, 0) is 9.53 Å². The highest BCUT2D eigenvalue weighted by molar-refractivity contribution is 7.07. The largest absolute Gasteiger partial charge is 0.463 e. The Morgan fingerprint density at radius 1 is 1.00 bits per heavy atom. The lowest BCUT2D eigenvalue weighted by atomic mass is 9.95. The number of carbonyl (C=O) groups is 1. The molecule has 2 aromatic heterocycles. The second-order valence-electron chi connectivity index (χ2n) is 9.71. The summed E-state index contributed by atoms with van der Waals surface area (Å²) >= 11 is 1.34. The number of hydrogen-bond acceptors (Lipinski definition) is 5. The van der Waals surface area contributed by atoms with Gasteiger partial charge in [-0.3, -0.25) is 9.36 Å². The smallest absolute Gasteiger partial charge is 0.338 e. The number of aryl methyl sites for hydroxylation is 3. The lowest BCUT2D eigenvalue weighted by Gasteiger charge is -2.24. The van der Waals surface area contributed by atoms with Crippen molar-refractivity contribution < 1.29 is 9.53 Å². The van der Waals surface area contributed by atoms with Gasteiger partial charge in [0.15, 0.2) is 4.80 Å². The first-order chi connectivity index (χ1) is 18.2. The number of thiazole rings is 1. The van der Waals surface area contributed by atoms with Crippen molar-refractivity contribution in [3.63, 3.8) is 0 Å². The van der Waals surface area contributed by atoms with Crippen molar-refractivity contribution in [1.29, 1.82) is 0 Å². The Bertz CT molecular complexity index is 1750. The third kappa shape index (κ3) is 4.47. The van der Waals surface area contributed by atoms with E-state index in [4.69, 9.17) is 4.74 Å². The fourth-order valence-corrected chi connectivity index (χ4v) is 6.06. The quantitative estimate of drug-likeness (QED) is 0.351. The van der Waals surface area contributed by atoms with E-state index in [0.717, 1.165) is 33.8 Å². The molecule has 0 fully saturated rings. The molecule has 0 bridgehead atoms. The zero-order valence-corrected chi connectivity index (χ0v) is 23.3. The zero-order valence-electron chi connectivity index (χ0n) is 22.5. The van der Waals surface area contributed by atoms with Crippen LogP contribution in [0.25, 0.3) is 11.8 Å². The minimum absolute atomic E-state index is 0.172. The maximum absolute atomic E-state index is 13.9. The van der Waals surface area contributed by atoms with Gasteiger partial charge in [0.05, 0.1) is 28.5 Å². The molecule has 0 aliphatic carbocycles. The van der Waals surface area contributed by atoms with Gasteiger partial charge in [-0.2, -0.15) is 0 Å². The Labute approximate surface area is 225 Å². The molecule has 38 heavy (non-hydrogen) atoms. The van der Waals surface area contributed by atoms with E-state index in [1.54, 1.807) is 18.4 Å². The molecule has 0 N–H and O–H groups in total. The third-order valence-corrected chi connectivity index (χ3v) is 7.94. The second-order valence-corrected chi connectivity index (χ2v) is 10.7. The summed E-state index contributed by atoms with van der Waals surface area (Å²) in [5.74, 6) is -0.449. The highest BCUT2D eigenvalue weighted by Gasteiger charge is 2.33. The van der Waals surface area contributed by atoms with Gasteiger partial charge in [0.2, 0.25) is 0 Å². The molecule has 2 aromatic carbocycles. The molecule has 5 rings (SSSR count). The minimum Gasteiger partial charge on any atom is -0.463 e. The maximum atomic E-state index is 13.9. The maximum Gasteiger partial charge on any atom is 0.338 e. The lowest BCUT2D eigenvalue weighted by molar-refractivity contribution is -0.139. The molecule has 7 heteroatoms. The molecule has 1 atom stereocenters. The van der Waals surface area contributed by atoms with E-state index in [1.165, 1.54) is 16.9 Å². The van der Waals surface area contributed by atoms with Gasteiger partial charge in [0.1, 0.15) is 0 Å². The number of carbonyl (C=O) groups excluding carboxylic acids is 1. The molecular formula is C31H31N3O3S. The molecule has 0 amide bonds. The number of benzene rings is 2. The number of allylic oxidation sites excluding steroid dienone is 1. The molecule has 1 aliphatic heterocycles. The van der Waals surface area contributed by atoms with Gasteiger partial charge in [-0.25, -0.2) is 9.79 Å². The highest BCUT2D eigenvalue weighted by Crippen LogP contribution is 2.31. The average molecular weight is 526 g/mol. The molecule has 0 spiro atoms. The van der Waals surface area contributed by atoms with Crippen LogP contribution in [0.4, 0.5) is 0 Å². The highest BCUT2D eigenvalue weighted by atomic mass is 32.1. The average Bonchev–Trinajstić information content (AvgIpc) is 3.34. The zero-order chi connectivity index (χ0) is 27.1. The van der Waals surface area contributed by atoms with Crippen LogP contribution in [0.3, 0.4) is 0 Å². The first-order valence-corrected chi connectivity index (χ1v) is 13.5. The first-order valence-electron chi connectivity index (χ1n) is 12.7. The van der Waals surface area contributed by atoms with E-state index in [9.17, 15) is 9.59 Å². The summed E-state index contributed by atoms with van der Waals surface area (Å²) < 4.78 is 9.79. The van der Waals surface area contributed by atoms with Gasteiger partial charge >= 0.3 is 5.97 Å².